The number of carboxylic acids is 2. The van der Waals surface area contributed by atoms with E-state index >= 15 is 0 Å². The summed E-state index contributed by atoms with van der Waals surface area (Å²) in [5.74, 6) is -5.72. The van der Waals surface area contributed by atoms with E-state index in [2.05, 4.69) is 26.3 Å². The number of benzene rings is 1. The van der Waals surface area contributed by atoms with E-state index in [1.54, 1.807) is 0 Å². The van der Waals surface area contributed by atoms with Gasteiger partial charge in [0.1, 0.15) is 29.9 Å². The van der Waals surface area contributed by atoms with Gasteiger partial charge in [-0.2, -0.15) is 0 Å². The van der Waals surface area contributed by atoms with Crippen LogP contribution in [0, 0.1) is 5.92 Å². The van der Waals surface area contributed by atoms with Crippen LogP contribution in [-0.4, -0.2) is 87.6 Å². The van der Waals surface area contributed by atoms with Gasteiger partial charge in [-0.05, 0) is 49.3 Å². The smallest absolute Gasteiger partial charge is 0.326 e. The van der Waals surface area contributed by atoms with Gasteiger partial charge < -0.3 is 48.1 Å². The summed E-state index contributed by atoms with van der Waals surface area (Å²) >= 11 is 0. The Morgan fingerprint density at radius 2 is 1.34 bits per heavy atom. The van der Waals surface area contributed by atoms with E-state index in [9.17, 15) is 39.0 Å². The third kappa shape index (κ3) is 14.8. The Balaban J connectivity index is 3.22. The predicted molar refractivity (Wildman–Crippen MR) is 159 cm³/mol. The molecule has 0 saturated carbocycles. The van der Waals surface area contributed by atoms with Crippen molar-refractivity contribution in [1.29, 1.82) is 0 Å². The molecule has 0 fully saturated rings. The van der Waals surface area contributed by atoms with Crippen molar-refractivity contribution in [1.82, 2.24) is 21.3 Å². The Hall–Kier alpha value is -4.89. The van der Waals surface area contributed by atoms with E-state index in [4.69, 9.17) is 16.6 Å². The van der Waals surface area contributed by atoms with E-state index in [1.807, 2.05) is 13.8 Å². The number of aliphatic imine (C=N–C) groups is 1. The third-order valence-corrected chi connectivity index (χ3v) is 6.25. The molecule has 1 aromatic rings. The van der Waals surface area contributed by atoms with Gasteiger partial charge >= 0.3 is 11.9 Å². The summed E-state index contributed by atoms with van der Waals surface area (Å²) in [6.07, 6.45) is -0.366. The van der Waals surface area contributed by atoms with Crippen molar-refractivity contribution >= 4 is 41.5 Å². The highest BCUT2D eigenvalue weighted by atomic mass is 16.4. The molecule has 16 heteroatoms. The number of amides is 4. The first-order valence-electron chi connectivity index (χ1n) is 14.0. The maximum Gasteiger partial charge on any atom is 0.326 e. The van der Waals surface area contributed by atoms with Crippen molar-refractivity contribution in [2.24, 2.45) is 22.4 Å². The van der Waals surface area contributed by atoms with Gasteiger partial charge in [0, 0.05) is 26.3 Å². The zero-order chi connectivity index (χ0) is 33.4. The van der Waals surface area contributed by atoms with Crippen molar-refractivity contribution in [3.63, 3.8) is 0 Å². The number of nitrogens with one attached hydrogen (secondary N) is 4. The summed E-state index contributed by atoms with van der Waals surface area (Å²) in [7, 11) is 0. The average Bonchev–Trinajstić information content (AvgIpc) is 2.91. The number of nitrogens with zero attached hydrogens (tertiary/aromatic N) is 1. The fourth-order valence-corrected chi connectivity index (χ4v) is 4.14. The Morgan fingerprint density at radius 1 is 0.795 bits per heavy atom. The second-order valence-electron chi connectivity index (χ2n) is 10.7. The Labute approximate surface area is 255 Å². The Morgan fingerprint density at radius 3 is 1.86 bits per heavy atom. The van der Waals surface area contributed by atoms with Crippen LogP contribution in [0.5, 0.6) is 5.75 Å². The van der Waals surface area contributed by atoms with Crippen molar-refractivity contribution in [3.05, 3.63) is 29.8 Å². The van der Waals surface area contributed by atoms with Crippen LogP contribution in [0.25, 0.3) is 0 Å². The van der Waals surface area contributed by atoms with Crippen LogP contribution >= 0.6 is 0 Å². The summed E-state index contributed by atoms with van der Waals surface area (Å²) < 4.78 is 0. The van der Waals surface area contributed by atoms with Gasteiger partial charge in [0.25, 0.3) is 0 Å². The summed E-state index contributed by atoms with van der Waals surface area (Å²) in [4.78, 5) is 78.2. The van der Waals surface area contributed by atoms with Crippen molar-refractivity contribution in [2.75, 3.05) is 6.54 Å². The summed E-state index contributed by atoms with van der Waals surface area (Å²) in [5.41, 5.74) is 11.2. The van der Waals surface area contributed by atoms with Crippen LogP contribution in [0.3, 0.4) is 0 Å². The standard InChI is InChI=1S/C28H43N7O9/c1-15(2)13-21(34-24(40)19(32-16(3)36)5-4-12-31-28(29)30)25(41)35-22(14-17-6-8-18(37)9-7-17)26(42)33-20(27(43)44)10-11-23(38)39/h6-9,15,19-22,37H,4-5,10-14H2,1-3H3,(H,32,36)(H,33,42)(H,34,40)(H,35,41)(H,38,39)(H,43,44)(H4,29,30,31). The monoisotopic (exact) mass is 621 g/mol. The lowest BCUT2D eigenvalue weighted by molar-refractivity contribution is -0.143. The molecule has 4 amide bonds. The molecule has 0 saturated heterocycles. The molecule has 1 aromatic carbocycles. The zero-order valence-electron chi connectivity index (χ0n) is 25.0. The molecule has 0 aliphatic carbocycles. The summed E-state index contributed by atoms with van der Waals surface area (Å²) in [6, 6.07) is 0.729. The number of carbonyl (C=O) groups excluding carboxylic acids is 4. The molecular formula is C28H43N7O9. The van der Waals surface area contributed by atoms with E-state index in [0.717, 1.165) is 0 Å². The van der Waals surface area contributed by atoms with Gasteiger partial charge in [0.15, 0.2) is 5.96 Å². The molecule has 0 heterocycles. The minimum Gasteiger partial charge on any atom is -0.508 e. The number of guanidine groups is 1. The fraction of sp³-hybridized carbons (Fsp3) is 0.536. The maximum absolute atomic E-state index is 13.5. The molecule has 0 bridgehead atoms. The normalized spacial score (nSPS) is 13.5. The number of phenols is 1. The molecule has 244 valence electrons. The van der Waals surface area contributed by atoms with E-state index < -0.39 is 72.6 Å². The van der Waals surface area contributed by atoms with Gasteiger partial charge in [0.05, 0.1) is 0 Å². The molecule has 0 aliphatic rings. The van der Waals surface area contributed by atoms with Gasteiger partial charge in [-0.15, -0.1) is 0 Å². The zero-order valence-corrected chi connectivity index (χ0v) is 25.0. The van der Waals surface area contributed by atoms with Crippen LogP contribution < -0.4 is 32.7 Å². The van der Waals surface area contributed by atoms with Crippen molar-refractivity contribution in [2.45, 2.75) is 83.5 Å². The number of aromatic hydroxyl groups is 1. The lowest BCUT2D eigenvalue weighted by atomic mass is 10.00. The maximum atomic E-state index is 13.5. The molecule has 0 aliphatic heterocycles. The molecular weight excluding hydrogens is 578 g/mol. The molecule has 0 aromatic heterocycles. The predicted octanol–water partition coefficient (Wildman–Crippen LogP) is -1.06. The molecule has 0 spiro atoms. The largest absolute Gasteiger partial charge is 0.508 e. The number of aliphatic carboxylic acids is 2. The van der Waals surface area contributed by atoms with Crippen LogP contribution in [0.15, 0.2) is 29.3 Å². The van der Waals surface area contributed by atoms with Crippen LogP contribution in [0.1, 0.15) is 58.4 Å². The van der Waals surface area contributed by atoms with Crippen molar-refractivity contribution < 1.29 is 44.1 Å². The van der Waals surface area contributed by atoms with Gasteiger partial charge in [0.2, 0.25) is 23.6 Å². The lowest BCUT2D eigenvalue weighted by Crippen LogP contribution is -2.58. The number of rotatable bonds is 19. The lowest BCUT2D eigenvalue weighted by Gasteiger charge is -2.27. The highest BCUT2D eigenvalue weighted by Crippen LogP contribution is 2.13. The number of phenolic OH excluding ortho intramolecular Hbond substituents is 1. The van der Waals surface area contributed by atoms with Gasteiger partial charge in [-0.3, -0.25) is 29.0 Å². The quantitative estimate of drug-likeness (QED) is 0.0510. The van der Waals surface area contributed by atoms with Crippen molar-refractivity contribution in [3.8, 4) is 5.75 Å². The molecule has 44 heavy (non-hydrogen) atoms. The van der Waals surface area contributed by atoms with Crippen LogP contribution in [-0.2, 0) is 35.2 Å². The minimum absolute atomic E-state index is 0.0369. The first-order valence-corrected chi connectivity index (χ1v) is 14.0. The highest BCUT2D eigenvalue weighted by molar-refractivity contribution is 5.95. The third-order valence-electron chi connectivity index (χ3n) is 6.25. The first kappa shape index (κ1) is 37.1. The number of nitrogens with two attached hydrogens (primary N) is 2. The number of hydrogen-bond acceptors (Lipinski definition) is 8. The van der Waals surface area contributed by atoms with E-state index in [0.29, 0.717) is 12.0 Å². The topological polar surface area (TPSA) is 276 Å². The molecule has 4 atom stereocenters. The molecule has 11 N–H and O–H groups in total. The van der Waals surface area contributed by atoms with E-state index in [-0.39, 0.29) is 43.4 Å². The first-order chi connectivity index (χ1) is 20.6. The van der Waals surface area contributed by atoms with E-state index in [1.165, 1.54) is 31.2 Å². The molecule has 0 radical (unpaired) electrons. The Bertz CT molecular complexity index is 1180. The number of carbonyl (C=O) groups is 6. The Kier molecular flexibility index (Phi) is 15.7. The number of carboxylic acid groups (broad SMARTS) is 2. The average molecular weight is 622 g/mol. The molecule has 4 unspecified atom stereocenters. The second kappa shape index (κ2) is 18.6. The van der Waals surface area contributed by atoms with Crippen LogP contribution in [0.4, 0.5) is 0 Å². The van der Waals surface area contributed by atoms with Gasteiger partial charge in [-0.1, -0.05) is 26.0 Å². The highest BCUT2D eigenvalue weighted by Gasteiger charge is 2.31. The summed E-state index contributed by atoms with van der Waals surface area (Å²) in [6.45, 7) is 5.07. The molecule has 1 rings (SSSR count). The van der Waals surface area contributed by atoms with Gasteiger partial charge in [-0.25, -0.2) is 4.79 Å². The number of hydrogen-bond donors (Lipinski definition) is 9. The second-order valence-corrected chi connectivity index (χ2v) is 10.7. The molecule has 16 nitrogen and oxygen atoms in total. The fourth-order valence-electron chi connectivity index (χ4n) is 4.14. The minimum atomic E-state index is -1.54. The SMILES string of the molecule is CC(=O)NC(CCCN=C(N)N)C(=O)NC(CC(C)C)C(=O)NC(Cc1ccc(O)cc1)C(=O)NC(CCC(=O)O)C(=O)O. The van der Waals surface area contributed by atoms with Crippen LogP contribution in [0.2, 0.25) is 0 Å². The summed E-state index contributed by atoms with van der Waals surface area (Å²) in [5, 5.41) is 38.1.